The van der Waals surface area contributed by atoms with Gasteiger partial charge in [-0.2, -0.15) is 0 Å². The van der Waals surface area contributed by atoms with Crippen molar-refractivity contribution in [3.63, 3.8) is 0 Å². The second-order valence-corrected chi connectivity index (χ2v) is 8.00. The number of carbonyl (C=O) groups excluding carboxylic acids is 3. The predicted molar refractivity (Wildman–Crippen MR) is 110 cm³/mol. The number of amides is 2. The Morgan fingerprint density at radius 1 is 0.933 bits per heavy atom. The van der Waals surface area contributed by atoms with Gasteiger partial charge < -0.3 is 15.4 Å². The van der Waals surface area contributed by atoms with E-state index in [1.807, 2.05) is 0 Å². The quantitative estimate of drug-likeness (QED) is 0.476. The van der Waals surface area contributed by atoms with Crippen LogP contribution in [-0.4, -0.2) is 46.4 Å². The van der Waals surface area contributed by atoms with Crippen molar-refractivity contribution in [1.82, 2.24) is 10.0 Å². The summed E-state index contributed by atoms with van der Waals surface area (Å²) in [6.07, 6.45) is 0.0379. The molecule has 2 rings (SSSR count). The van der Waals surface area contributed by atoms with E-state index in [1.54, 1.807) is 42.5 Å². The van der Waals surface area contributed by atoms with Gasteiger partial charge in [0.15, 0.2) is 0 Å². The lowest BCUT2D eigenvalue weighted by Crippen LogP contribution is -2.31. The van der Waals surface area contributed by atoms with Crippen molar-refractivity contribution in [3.05, 3.63) is 60.2 Å². The fourth-order valence-electron chi connectivity index (χ4n) is 2.40. The van der Waals surface area contributed by atoms with Gasteiger partial charge >= 0.3 is 5.97 Å². The highest BCUT2D eigenvalue weighted by atomic mass is 32.2. The van der Waals surface area contributed by atoms with Gasteiger partial charge in [-0.05, 0) is 29.8 Å². The van der Waals surface area contributed by atoms with E-state index in [1.165, 1.54) is 19.2 Å². The molecule has 9 nitrogen and oxygen atoms in total. The number of rotatable bonds is 10. The summed E-state index contributed by atoms with van der Waals surface area (Å²) < 4.78 is 31.0. The standard InChI is InChI=1S/C20H23N3O6S/c1-29-20(26)14-21-19(25)13-15-7-9-16(10-8-15)23-18(24)11-12-22-30(27,28)17-5-3-2-4-6-17/h2-10,22H,11-14H2,1H3,(H,21,25)(H,23,24). The Labute approximate surface area is 174 Å². The Bertz CT molecular complexity index is 975. The first-order chi connectivity index (χ1) is 14.3. The number of anilines is 1. The number of methoxy groups -OCH3 is 1. The number of carbonyl (C=O) groups is 3. The van der Waals surface area contributed by atoms with Gasteiger partial charge in [-0.25, -0.2) is 13.1 Å². The molecule has 0 aromatic heterocycles. The third-order valence-corrected chi connectivity index (χ3v) is 5.43. The van der Waals surface area contributed by atoms with Crippen molar-refractivity contribution in [3.8, 4) is 0 Å². The van der Waals surface area contributed by atoms with Crippen molar-refractivity contribution in [2.75, 3.05) is 25.5 Å². The molecule has 0 aliphatic heterocycles. The smallest absolute Gasteiger partial charge is 0.325 e. The number of nitrogens with one attached hydrogen (secondary N) is 3. The van der Waals surface area contributed by atoms with Gasteiger partial charge in [0.05, 0.1) is 18.4 Å². The lowest BCUT2D eigenvalue weighted by Gasteiger charge is -2.08. The van der Waals surface area contributed by atoms with Gasteiger partial charge in [0, 0.05) is 18.7 Å². The maximum atomic E-state index is 12.1. The molecule has 0 aliphatic rings. The molecule has 0 unspecified atom stereocenters. The molecular weight excluding hydrogens is 410 g/mol. The van der Waals surface area contributed by atoms with Crippen LogP contribution in [0.25, 0.3) is 0 Å². The van der Waals surface area contributed by atoms with E-state index in [-0.39, 0.29) is 42.6 Å². The van der Waals surface area contributed by atoms with Crippen LogP contribution in [0.3, 0.4) is 0 Å². The van der Waals surface area contributed by atoms with Crippen molar-refractivity contribution in [2.24, 2.45) is 0 Å². The number of ether oxygens (including phenoxy) is 1. The van der Waals surface area contributed by atoms with Crippen LogP contribution in [0.5, 0.6) is 0 Å². The lowest BCUT2D eigenvalue weighted by atomic mass is 10.1. The maximum absolute atomic E-state index is 12.1. The zero-order valence-corrected chi connectivity index (χ0v) is 17.2. The largest absolute Gasteiger partial charge is 0.468 e. The molecule has 0 saturated heterocycles. The van der Waals surface area contributed by atoms with E-state index in [4.69, 9.17) is 0 Å². The first kappa shape index (κ1) is 23.0. The minimum Gasteiger partial charge on any atom is -0.468 e. The number of hydrogen-bond donors (Lipinski definition) is 3. The molecule has 10 heteroatoms. The van der Waals surface area contributed by atoms with Crippen LogP contribution in [0.2, 0.25) is 0 Å². The van der Waals surface area contributed by atoms with Gasteiger partial charge in [0.1, 0.15) is 6.54 Å². The number of esters is 1. The molecule has 0 saturated carbocycles. The number of sulfonamides is 1. The minimum absolute atomic E-state index is 0.0379. The minimum atomic E-state index is -3.65. The molecule has 2 amide bonds. The van der Waals surface area contributed by atoms with E-state index < -0.39 is 16.0 Å². The number of hydrogen-bond acceptors (Lipinski definition) is 6. The Hall–Kier alpha value is -3.24. The molecule has 0 aliphatic carbocycles. The lowest BCUT2D eigenvalue weighted by molar-refractivity contribution is -0.141. The molecule has 0 spiro atoms. The summed E-state index contributed by atoms with van der Waals surface area (Å²) in [5.74, 6) is -1.22. The van der Waals surface area contributed by atoms with Gasteiger partial charge in [-0.3, -0.25) is 14.4 Å². The summed E-state index contributed by atoms with van der Waals surface area (Å²) in [6, 6.07) is 14.5. The summed E-state index contributed by atoms with van der Waals surface area (Å²) in [6.45, 7) is -0.237. The van der Waals surface area contributed by atoms with Gasteiger partial charge in [0.25, 0.3) is 0 Å². The van der Waals surface area contributed by atoms with Crippen LogP contribution in [0, 0.1) is 0 Å². The van der Waals surface area contributed by atoms with Crippen LogP contribution in [-0.2, 0) is 35.6 Å². The molecule has 3 N–H and O–H groups in total. The third kappa shape index (κ3) is 7.64. The molecule has 160 valence electrons. The van der Waals surface area contributed by atoms with E-state index in [0.717, 1.165) is 0 Å². The molecule has 0 fully saturated rings. The second-order valence-electron chi connectivity index (χ2n) is 6.24. The van der Waals surface area contributed by atoms with E-state index in [2.05, 4.69) is 20.1 Å². The fourth-order valence-corrected chi connectivity index (χ4v) is 3.46. The summed E-state index contributed by atoms with van der Waals surface area (Å²) in [5, 5.41) is 5.10. The molecule has 30 heavy (non-hydrogen) atoms. The van der Waals surface area contributed by atoms with E-state index >= 15 is 0 Å². The monoisotopic (exact) mass is 433 g/mol. The highest BCUT2D eigenvalue weighted by Gasteiger charge is 2.13. The van der Waals surface area contributed by atoms with Gasteiger partial charge in [-0.15, -0.1) is 0 Å². The van der Waals surface area contributed by atoms with Crippen LogP contribution in [0.15, 0.2) is 59.5 Å². The molecule has 0 atom stereocenters. The summed E-state index contributed by atoms with van der Waals surface area (Å²) in [7, 11) is -2.42. The SMILES string of the molecule is COC(=O)CNC(=O)Cc1ccc(NC(=O)CCNS(=O)(=O)c2ccccc2)cc1. The van der Waals surface area contributed by atoms with Gasteiger partial charge in [0.2, 0.25) is 21.8 Å². The summed E-state index contributed by atoms with van der Waals surface area (Å²) in [4.78, 5) is 34.9. The highest BCUT2D eigenvalue weighted by molar-refractivity contribution is 7.89. The number of benzene rings is 2. The first-order valence-corrected chi connectivity index (χ1v) is 10.6. The normalized spacial score (nSPS) is 10.8. The Morgan fingerprint density at radius 2 is 1.60 bits per heavy atom. The van der Waals surface area contributed by atoms with Crippen molar-refractivity contribution in [2.45, 2.75) is 17.7 Å². The average molecular weight is 433 g/mol. The molecule has 2 aromatic rings. The zero-order chi connectivity index (χ0) is 22.0. The summed E-state index contributed by atoms with van der Waals surface area (Å²) in [5.41, 5.74) is 1.22. The topological polar surface area (TPSA) is 131 Å². The van der Waals surface area contributed by atoms with Crippen LogP contribution in [0.1, 0.15) is 12.0 Å². The average Bonchev–Trinajstić information content (AvgIpc) is 2.74. The third-order valence-electron chi connectivity index (χ3n) is 3.96. The molecule has 0 bridgehead atoms. The second kappa shape index (κ2) is 11.1. The molecule has 0 radical (unpaired) electrons. The summed E-state index contributed by atoms with van der Waals surface area (Å²) >= 11 is 0. The first-order valence-electron chi connectivity index (χ1n) is 9.07. The van der Waals surface area contributed by atoms with Gasteiger partial charge in [-0.1, -0.05) is 30.3 Å². The van der Waals surface area contributed by atoms with Crippen LogP contribution < -0.4 is 15.4 Å². The molecule has 2 aromatic carbocycles. The Morgan fingerprint density at radius 3 is 2.23 bits per heavy atom. The molecule has 0 heterocycles. The van der Waals surface area contributed by atoms with Crippen LogP contribution in [0.4, 0.5) is 5.69 Å². The van der Waals surface area contributed by atoms with E-state index in [0.29, 0.717) is 11.3 Å². The van der Waals surface area contributed by atoms with Crippen molar-refractivity contribution >= 4 is 33.5 Å². The predicted octanol–water partition coefficient (Wildman–Crippen LogP) is 0.825. The Kier molecular flexibility index (Phi) is 8.51. The van der Waals surface area contributed by atoms with Crippen molar-refractivity contribution in [1.29, 1.82) is 0 Å². The van der Waals surface area contributed by atoms with E-state index in [9.17, 15) is 22.8 Å². The molecular formula is C20H23N3O6S. The van der Waals surface area contributed by atoms with Crippen molar-refractivity contribution < 1.29 is 27.5 Å². The van der Waals surface area contributed by atoms with Crippen LogP contribution >= 0.6 is 0 Å². The highest BCUT2D eigenvalue weighted by Crippen LogP contribution is 2.11. The zero-order valence-electron chi connectivity index (χ0n) is 16.4. The maximum Gasteiger partial charge on any atom is 0.325 e. The Balaban J connectivity index is 1.76. The fraction of sp³-hybridized carbons (Fsp3) is 0.250.